The summed E-state index contributed by atoms with van der Waals surface area (Å²) < 4.78 is 24.5. The van der Waals surface area contributed by atoms with Crippen molar-refractivity contribution in [3.05, 3.63) is 18.0 Å². The van der Waals surface area contributed by atoms with Crippen molar-refractivity contribution >= 4 is 15.9 Å². The van der Waals surface area contributed by atoms with Crippen LogP contribution in [0.2, 0.25) is 0 Å². The van der Waals surface area contributed by atoms with E-state index in [0.717, 1.165) is 25.7 Å². The highest BCUT2D eigenvalue weighted by molar-refractivity contribution is 7.89. The molecule has 1 aromatic rings. The molecule has 0 saturated carbocycles. The summed E-state index contributed by atoms with van der Waals surface area (Å²) in [6.07, 6.45) is 4.95. The first-order valence-electron chi connectivity index (χ1n) is 7.37. The number of hydrogen-bond acceptors (Lipinski definition) is 3. The number of hydrogen-bond donors (Lipinski definition) is 2. The van der Waals surface area contributed by atoms with Crippen LogP contribution in [0.3, 0.4) is 0 Å². The van der Waals surface area contributed by atoms with Crippen molar-refractivity contribution in [1.82, 2.24) is 9.88 Å². The number of aromatic nitrogens is 1. The first-order chi connectivity index (χ1) is 9.83. The van der Waals surface area contributed by atoms with Crippen molar-refractivity contribution in [2.24, 2.45) is 5.14 Å². The third-order valence-electron chi connectivity index (χ3n) is 3.36. The van der Waals surface area contributed by atoms with Crippen LogP contribution in [-0.4, -0.2) is 24.9 Å². The van der Waals surface area contributed by atoms with Gasteiger partial charge in [-0.05, 0) is 25.3 Å². The van der Waals surface area contributed by atoms with Gasteiger partial charge in [0.1, 0.15) is 10.6 Å². The summed E-state index contributed by atoms with van der Waals surface area (Å²) in [6.45, 7) is 6.61. The standard InChI is InChI=1S/C14H25N3O3S/c1-4-7-11(6-3)16-14(18)13-9-12(21(15,19)20)10-17(13)8-5-2/h9-11H,4-8H2,1-3H3,(H,16,18)(H2,15,19,20). The van der Waals surface area contributed by atoms with E-state index in [1.54, 1.807) is 4.57 Å². The quantitative estimate of drug-likeness (QED) is 0.766. The van der Waals surface area contributed by atoms with Crippen molar-refractivity contribution < 1.29 is 13.2 Å². The molecule has 0 bridgehead atoms. The van der Waals surface area contributed by atoms with Crippen LogP contribution >= 0.6 is 0 Å². The maximum atomic E-state index is 12.4. The molecule has 7 heteroatoms. The molecule has 1 aromatic heterocycles. The fraction of sp³-hybridized carbons (Fsp3) is 0.643. The zero-order chi connectivity index (χ0) is 16.0. The summed E-state index contributed by atoms with van der Waals surface area (Å²) in [6, 6.07) is 1.45. The number of carbonyl (C=O) groups is 1. The van der Waals surface area contributed by atoms with Gasteiger partial charge in [0, 0.05) is 18.8 Å². The fourth-order valence-electron chi connectivity index (χ4n) is 2.24. The van der Waals surface area contributed by atoms with E-state index in [1.807, 2.05) is 13.8 Å². The molecule has 1 unspecified atom stereocenters. The number of aryl methyl sites for hydroxylation is 1. The van der Waals surface area contributed by atoms with Crippen molar-refractivity contribution in [1.29, 1.82) is 0 Å². The lowest BCUT2D eigenvalue weighted by Gasteiger charge is -2.16. The van der Waals surface area contributed by atoms with Crippen molar-refractivity contribution in [2.75, 3.05) is 0 Å². The molecule has 21 heavy (non-hydrogen) atoms. The highest BCUT2D eigenvalue weighted by Crippen LogP contribution is 2.14. The smallest absolute Gasteiger partial charge is 0.268 e. The average molecular weight is 315 g/mol. The largest absolute Gasteiger partial charge is 0.348 e. The van der Waals surface area contributed by atoms with E-state index in [-0.39, 0.29) is 16.8 Å². The molecule has 1 atom stereocenters. The summed E-state index contributed by atoms with van der Waals surface area (Å²) in [4.78, 5) is 12.3. The SMILES string of the molecule is CCCC(CC)NC(=O)c1cc(S(N)(=O)=O)cn1CCC. The minimum absolute atomic E-state index is 0.0235. The monoisotopic (exact) mass is 315 g/mol. The molecule has 120 valence electrons. The Bertz CT molecular complexity index is 578. The van der Waals surface area contributed by atoms with Crippen molar-refractivity contribution in [3.63, 3.8) is 0 Å². The van der Waals surface area contributed by atoms with Gasteiger partial charge in [0.25, 0.3) is 5.91 Å². The summed E-state index contributed by atoms with van der Waals surface area (Å²) in [5.74, 6) is -0.251. The first-order valence-corrected chi connectivity index (χ1v) is 8.91. The van der Waals surface area contributed by atoms with Crippen LogP contribution in [-0.2, 0) is 16.6 Å². The van der Waals surface area contributed by atoms with E-state index >= 15 is 0 Å². The number of nitrogens with zero attached hydrogens (tertiary/aromatic N) is 1. The van der Waals surface area contributed by atoms with E-state index in [9.17, 15) is 13.2 Å². The number of nitrogens with two attached hydrogens (primary N) is 1. The van der Waals surface area contributed by atoms with Gasteiger partial charge < -0.3 is 9.88 Å². The Morgan fingerprint density at radius 1 is 1.33 bits per heavy atom. The van der Waals surface area contributed by atoms with Gasteiger partial charge in [-0.2, -0.15) is 0 Å². The van der Waals surface area contributed by atoms with Gasteiger partial charge in [-0.15, -0.1) is 0 Å². The second-order valence-corrected chi connectivity index (χ2v) is 6.73. The third kappa shape index (κ3) is 4.86. The van der Waals surface area contributed by atoms with Crippen LogP contribution in [0.1, 0.15) is 56.9 Å². The van der Waals surface area contributed by atoms with Crippen LogP contribution in [0.5, 0.6) is 0 Å². The lowest BCUT2D eigenvalue weighted by molar-refractivity contribution is 0.0924. The van der Waals surface area contributed by atoms with Crippen molar-refractivity contribution in [2.45, 2.75) is 63.9 Å². The predicted molar refractivity (Wildman–Crippen MR) is 82.5 cm³/mol. The van der Waals surface area contributed by atoms with Crippen molar-refractivity contribution in [3.8, 4) is 0 Å². The Balaban J connectivity index is 3.04. The molecule has 1 amide bonds. The summed E-state index contributed by atoms with van der Waals surface area (Å²) >= 11 is 0. The molecule has 1 rings (SSSR count). The third-order valence-corrected chi connectivity index (χ3v) is 4.24. The Hall–Kier alpha value is -1.34. The highest BCUT2D eigenvalue weighted by Gasteiger charge is 2.20. The lowest BCUT2D eigenvalue weighted by Crippen LogP contribution is -2.35. The zero-order valence-electron chi connectivity index (χ0n) is 12.9. The predicted octanol–water partition coefficient (Wildman–Crippen LogP) is 1.85. The van der Waals surface area contributed by atoms with Gasteiger partial charge in [0.2, 0.25) is 10.0 Å². The van der Waals surface area contributed by atoms with Gasteiger partial charge in [-0.25, -0.2) is 13.6 Å². The van der Waals surface area contributed by atoms with Gasteiger partial charge in [-0.1, -0.05) is 27.2 Å². The van der Waals surface area contributed by atoms with Crippen LogP contribution in [0.25, 0.3) is 0 Å². The molecule has 0 radical (unpaired) electrons. The van der Waals surface area contributed by atoms with Gasteiger partial charge in [-0.3, -0.25) is 4.79 Å². The molecule has 0 aliphatic carbocycles. The highest BCUT2D eigenvalue weighted by atomic mass is 32.2. The second-order valence-electron chi connectivity index (χ2n) is 5.17. The maximum absolute atomic E-state index is 12.4. The van der Waals surface area contributed by atoms with Gasteiger partial charge in [0.05, 0.1) is 0 Å². The molecule has 0 saturated heterocycles. The van der Waals surface area contributed by atoms with Gasteiger partial charge in [0.15, 0.2) is 0 Å². The normalized spacial score (nSPS) is 13.1. The zero-order valence-corrected chi connectivity index (χ0v) is 13.7. The lowest BCUT2D eigenvalue weighted by atomic mass is 10.1. The molecule has 0 aliphatic rings. The molecular formula is C14H25N3O3S. The first kappa shape index (κ1) is 17.7. The number of rotatable bonds is 8. The summed E-state index contributed by atoms with van der Waals surface area (Å²) in [5, 5.41) is 8.09. The second kappa shape index (κ2) is 7.61. The molecule has 3 N–H and O–H groups in total. The summed E-state index contributed by atoms with van der Waals surface area (Å²) in [7, 11) is -3.80. The number of amides is 1. The van der Waals surface area contributed by atoms with Crippen LogP contribution in [0.4, 0.5) is 0 Å². The molecule has 0 aromatic carbocycles. The molecule has 0 spiro atoms. The van der Waals surface area contributed by atoms with Crippen LogP contribution in [0.15, 0.2) is 17.2 Å². The Morgan fingerprint density at radius 3 is 2.48 bits per heavy atom. The Labute approximate surface area is 126 Å². The minimum atomic E-state index is -3.80. The maximum Gasteiger partial charge on any atom is 0.268 e. The van der Waals surface area contributed by atoms with Gasteiger partial charge >= 0.3 is 0 Å². The van der Waals surface area contributed by atoms with E-state index in [1.165, 1.54) is 12.3 Å². The fourth-order valence-corrected chi connectivity index (χ4v) is 2.79. The number of sulfonamides is 1. The molecule has 0 fully saturated rings. The number of carbonyl (C=O) groups excluding carboxylic acids is 1. The minimum Gasteiger partial charge on any atom is -0.348 e. The number of nitrogens with one attached hydrogen (secondary N) is 1. The molecular weight excluding hydrogens is 290 g/mol. The molecule has 1 heterocycles. The van der Waals surface area contributed by atoms with E-state index in [2.05, 4.69) is 12.2 Å². The topological polar surface area (TPSA) is 94.2 Å². The van der Waals surface area contributed by atoms with E-state index in [4.69, 9.17) is 5.14 Å². The van der Waals surface area contributed by atoms with E-state index < -0.39 is 10.0 Å². The number of primary sulfonamides is 1. The molecule has 6 nitrogen and oxygen atoms in total. The van der Waals surface area contributed by atoms with E-state index in [0.29, 0.717) is 12.2 Å². The Morgan fingerprint density at radius 2 is 2.00 bits per heavy atom. The van der Waals surface area contributed by atoms with Crippen LogP contribution < -0.4 is 10.5 Å². The molecule has 0 aliphatic heterocycles. The van der Waals surface area contributed by atoms with Crippen LogP contribution in [0, 0.1) is 0 Å². The summed E-state index contributed by atoms with van der Waals surface area (Å²) in [5.41, 5.74) is 0.343. The Kier molecular flexibility index (Phi) is 6.42. The average Bonchev–Trinajstić information content (AvgIpc) is 2.82.